The molecule has 1 rings (SSSR count). The van der Waals surface area contributed by atoms with Gasteiger partial charge in [-0.1, -0.05) is 70.8 Å². The van der Waals surface area contributed by atoms with Crippen LogP contribution in [0.15, 0.2) is 18.2 Å². The van der Waals surface area contributed by atoms with Crippen molar-refractivity contribution in [3.8, 4) is 0 Å². The van der Waals surface area contributed by atoms with Crippen LogP contribution in [0.5, 0.6) is 0 Å². The van der Waals surface area contributed by atoms with Crippen molar-refractivity contribution in [2.45, 2.75) is 78.1 Å². The average Bonchev–Trinajstić information content (AvgIpc) is 2.59. The Morgan fingerprint density at radius 1 is 1.00 bits per heavy atom. The van der Waals surface area contributed by atoms with Gasteiger partial charge in [-0.25, -0.2) is 0 Å². The van der Waals surface area contributed by atoms with Crippen molar-refractivity contribution in [2.75, 3.05) is 6.54 Å². The number of amides is 1. The van der Waals surface area contributed by atoms with Gasteiger partial charge in [0.1, 0.15) is 0 Å². The van der Waals surface area contributed by atoms with Crippen LogP contribution in [0.3, 0.4) is 0 Å². The van der Waals surface area contributed by atoms with Crippen molar-refractivity contribution < 1.29 is 9.72 Å². The molecule has 1 aromatic rings. The molecule has 0 bridgehead atoms. The molecule has 0 saturated heterocycles. The van der Waals surface area contributed by atoms with E-state index in [9.17, 15) is 14.9 Å². The molecule has 0 saturated carbocycles. The van der Waals surface area contributed by atoms with E-state index < -0.39 is 4.92 Å². The van der Waals surface area contributed by atoms with Crippen molar-refractivity contribution in [1.82, 2.24) is 5.32 Å². The molecule has 1 aromatic carbocycles. The summed E-state index contributed by atoms with van der Waals surface area (Å²) in [5, 5.41) is 13.8. The van der Waals surface area contributed by atoms with Crippen LogP contribution in [0.2, 0.25) is 0 Å². The zero-order valence-corrected chi connectivity index (χ0v) is 15.7. The summed E-state index contributed by atoms with van der Waals surface area (Å²) in [6.07, 6.45) is 12.5. The van der Waals surface area contributed by atoms with Crippen LogP contribution in [0, 0.1) is 17.0 Å². The lowest BCUT2D eigenvalue weighted by Gasteiger charge is -2.08. The first-order chi connectivity index (χ1) is 12.1. The van der Waals surface area contributed by atoms with Crippen LogP contribution >= 0.6 is 0 Å². The fourth-order valence-electron chi connectivity index (χ4n) is 2.98. The minimum atomic E-state index is -0.450. The van der Waals surface area contributed by atoms with Gasteiger partial charge in [0, 0.05) is 23.7 Å². The van der Waals surface area contributed by atoms with Crippen LogP contribution in [0.1, 0.15) is 87.1 Å². The smallest absolute Gasteiger partial charge is 0.273 e. The monoisotopic (exact) mass is 348 g/mol. The molecule has 0 atom stereocenters. The molecular weight excluding hydrogens is 316 g/mol. The maximum Gasteiger partial charge on any atom is 0.273 e. The lowest BCUT2D eigenvalue weighted by Crippen LogP contribution is -2.25. The first-order valence-electron chi connectivity index (χ1n) is 9.60. The van der Waals surface area contributed by atoms with E-state index in [0.717, 1.165) is 12.8 Å². The fraction of sp³-hybridized carbons (Fsp3) is 0.650. The summed E-state index contributed by atoms with van der Waals surface area (Å²) in [6, 6.07) is 4.62. The van der Waals surface area contributed by atoms with Crippen LogP contribution in [0.4, 0.5) is 5.69 Å². The van der Waals surface area contributed by atoms with Gasteiger partial charge in [-0.15, -0.1) is 0 Å². The molecule has 0 radical (unpaired) electrons. The third-order valence-corrected chi connectivity index (χ3v) is 4.56. The first kappa shape index (κ1) is 21.1. The van der Waals surface area contributed by atoms with Crippen molar-refractivity contribution in [2.24, 2.45) is 0 Å². The molecular formula is C20H32N2O3. The quantitative estimate of drug-likeness (QED) is 0.288. The number of hydrogen-bond donors (Lipinski definition) is 1. The number of benzene rings is 1. The van der Waals surface area contributed by atoms with Crippen LogP contribution in [-0.2, 0) is 0 Å². The molecule has 0 aliphatic rings. The topological polar surface area (TPSA) is 72.2 Å². The van der Waals surface area contributed by atoms with E-state index >= 15 is 0 Å². The number of hydrogen-bond acceptors (Lipinski definition) is 3. The van der Waals surface area contributed by atoms with E-state index in [1.54, 1.807) is 19.1 Å². The molecule has 0 aliphatic carbocycles. The van der Waals surface area contributed by atoms with Crippen LogP contribution in [0.25, 0.3) is 0 Å². The van der Waals surface area contributed by atoms with Gasteiger partial charge in [-0.2, -0.15) is 0 Å². The van der Waals surface area contributed by atoms with Gasteiger partial charge in [0.15, 0.2) is 0 Å². The Bertz CT molecular complexity index is 544. The van der Waals surface area contributed by atoms with Crippen LogP contribution < -0.4 is 5.32 Å². The number of carbonyl (C=O) groups is 1. The van der Waals surface area contributed by atoms with Crippen molar-refractivity contribution in [3.05, 3.63) is 39.4 Å². The minimum absolute atomic E-state index is 0.00779. The Balaban J connectivity index is 2.15. The molecule has 1 N–H and O–H groups in total. The second-order valence-electron chi connectivity index (χ2n) is 6.64. The normalized spacial score (nSPS) is 10.6. The molecule has 5 heteroatoms. The summed E-state index contributed by atoms with van der Waals surface area (Å²) >= 11 is 0. The Kier molecular flexibility index (Phi) is 10.5. The SMILES string of the molecule is CCCCCCCCCCCCNC(=O)c1cccc([N+](=O)[O-])c1C. The Morgan fingerprint density at radius 2 is 1.56 bits per heavy atom. The summed E-state index contributed by atoms with van der Waals surface area (Å²) in [4.78, 5) is 22.6. The summed E-state index contributed by atoms with van der Waals surface area (Å²) in [5.74, 6) is -0.225. The highest BCUT2D eigenvalue weighted by molar-refractivity contribution is 5.96. The highest BCUT2D eigenvalue weighted by atomic mass is 16.6. The predicted octanol–water partition coefficient (Wildman–Crippen LogP) is 5.55. The average molecular weight is 348 g/mol. The molecule has 25 heavy (non-hydrogen) atoms. The lowest BCUT2D eigenvalue weighted by molar-refractivity contribution is -0.385. The fourth-order valence-corrected chi connectivity index (χ4v) is 2.98. The summed E-state index contributed by atoms with van der Waals surface area (Å²) in [5.41, 5.74) is 0.806. The number of carbonyl (C=O) groups excluding carboxylic acids is 1. The molecule has 0 spiro atoms. The van der Waals surface area contributed by atoms with E-state index in [0.29, 0.717) is 17.7 Å². The molecule has 0 aromatic heterocycles. The summed E-state index contributed by atoms with van der Waals surface area (Å²) in [7, 11) is 0. The van der Waals surface area contributed by atoms with Gasteiger partial charge in [0.05, 0.1) is 4.92 Å². The predicted molar refractivity (Wildman–Crippen MR) is 102 cm³/mol. The third-order valence-electron chi connectivity index (χ3n) is 4.56. The zero-order chi connectivity index (χ0) is 18.5. The number of rotatable bonds is 13. The van der Waals surface area contributed by atoms with Gasteiger partial charge < -0.3 is 5.32 Å². The third kappa shape index (κ3) is 8.14. The van der Waals surface area contributed by atoms with E-state index in [1.807, 2.05) is 0 Å². The Labute approximate surface area is 151 Å². The van der Waals surface area contributed by atoms with Crippen molar-refractivity contribution >= 4 is 11.6 Å². The summed E-state index contributed by atoms with van der Waals surface area (Å²) < 4.78 is 0. The first-order valence-corrected chi connectivity index (χ1v) is 9.60. The second kappa shape index (κ2) is 12.5. The number of unbranched alkanes of at least 4 members (excludes halogenated alkanes) is 9. The van der Waals surface area contributed by atoms with Crippen LogP contribution in [-0.4, -0.2) is 17.4 Å². The highest BCUT2D eigenvalue weighted by Crippen LogP contribution is 2.20. The van der Waals surface area contributed by atoms with E-state index in [-0.39, 0.29) is 11.6 Å². The number of nitro groups is 1. The maximum atomic E-state index is 12.2. The van der Waals surface area contributed by atoms with Gasteiger partial charge in [-0.05, 0) is 19.4 Å². The van der Waals surface area contributed by atoms with Crippen molar-refractivity contribution in [1.29, 1.82) is 0 Å². The van der Waals surface area contributed by atoms with Gasteiger partial charge in [0.2, 0.25) is 0 Å². The maximum absolute atomic E-state index is 12.2. The minimum Gasteiger partial charge on any atom is -0.352 e. The number of nitrogens with one attached hydrogen (secondary N) is 1. The zero-order valence-electron chi connectivity index (χ0n) is 15.7. The van der Waals surface area contributed by atoms with Gasteiger partial charge >= 0.3 is 0 Å². The second-order valence-corrected chi connectivity index (χ2v) is 6.64. The van der Waals surface area contributed by atoms with Crippen molar-refractivity contribution in [3.63, 3.8) is 0 Å². The molecule has 0 aliphatic heterocycles. The Hall–Kier alpha value is -1.91. The molecule has 0 fully saturated rings. The standard InChI is InChI=1S/C20H32N2O3/c1-3-4-5-6-7-8-9-10-11-12-16-21-20(23)18-14-13-15-19(17(18)2)22(24)25/h13-15H,3-12,16H2,1-2H3,(H,21,23). The molecule has 1 amide bonds. The molecule has 5 nitrogen and oxygen atoms in total. The number of nitro benzene ring substituents is 1. The van der Waals surface area contributed by atoms with Gasteiger partial charge in [0.25, 0.3) is 11.6 Å². The Morgan fingerprint density at radius 3 is 2.12 bits per heavy atom. The largest absolute Gasteiger partial charge is 0.352 e. The lowest BCUT2D eigenvalue weighted by atomic mass is 10.1. The summed E-state index contributed by atoms with van der Waals surface area (Å²) in [6.45, 7) is 4.48. The van der Waals surface area contributed by atoms with Gasteiger partial charge in [-0.3, -0.25) is 14.9 Å². The van der Waals surface area contributed by atoms with E-state index in [2.05, 4.69) is 12.2 Å². The molecule has 140 valence electrons. The number of nitrogens with zero attached hydrogens (tertiary/aromatic N) is 1. The van der Waals surface area contributed by atoms with E-state index in [4.69, 9.17) is 0 Å². The van der Waals surface area contributed by atoms with E-state index in [1.165, 1.54) is 57.4 Å². The highest BCUT2D eigenvalue weighted by Gasteiger charge is 2.17. The molecule has 0 heterocycles. The molecule has 0 unspecified atom stereocenters.